The lowest BCUT2D eigenvalue weighted by Crippen LogP contribution is -2.25. The third-order valence-electron chi connectivity index (χ3n) is 4.09. The predicted octanol–water partition coefficient (Wildman–Crippen LogP) is 4.39. The van der Waals surface area contributed by atoms with Gasteiger partial charge in [-0.3, -0.25) is 4.79 Å². The van der Waals surface area contributed by atoms with Gasteiger partial charge in [0.2, 0.25) is 0 Å². The molecule has 0 unspecified atom stereocenters. The highest BCUT2D eigenvalue weighted by atomic mass is 16.5. The summed E-state index contributed by atoms with van der Waals surface area (Å²) in [5.74, 6) is 0.634. The molecule has 0 heterocycles. The summed E-state index contributed by atoms with van der Waals surface area (Å²) in [6.45, 7) is 6.78. The lowest BCUT2D eigenvalue weighted by atomic mass is 10.1. The second-order valence-electron chi connectivity index (χ2n) is 6.51. The van der Waals surface area contributed by atoms with Gasteiger partial charge in [-0.2, -0.15) is 0 Å². The fourth-order valence-electron chi connectivity index (χ4n) is 2.45. The smallest absolute Gasteiger partial charge is 0.253 e. The second kappa shape index (κ2) is 10.2. The summed E-state index contributed by atoms with van der Waals surface area (Å²) in [7, 11) is 0. The number of benzene rings is 2. The molecule has 27 heavy (non-hydrogen) atoms. The van der Waals surface area contributed by atoms with Crippen molar-refractivity contribution in [3.8, 4) is 5.75 Å². The van der Waals surface area contributed by atoms with Gasteiger partial charge in [0.15, 0.2) is 0 Å². The Morgan fingerprint density at radius 3 is 2.30 bits per heavy atom. The van der Waals surface area contributed by atoms with Crippen LogP contribution in [0.4, 0.5) is 0 Å². The van der Waals surface area contributed by atoms with Gasteiger partial charge in [-0.15, -0.1) is 0 Å². The Hall–Kier alpha value is -3.01. The molecule has 2 aromatic rings. The first-order valence-electron chi connectivity index (χ1n) is 9.18. The molecule has 4 nitrogen and oxygen atoms in total. The number of hydrogen-bond donors (Lipinski definition) is 2. The number of carbonyl (C=O) groups is 1. The molecule has 0 radical (unpaired) electrons. The first-order chi connectivity index (χ1) is 13.0. The van der Waals surface area contributed by atoms with Crippen LogP contribution in [-0.2, 0) is 17.9 Å². The Bertz CT molecular complexity index is 799. The number of nitrogens with two attached hydrogens (primary N) is 1. The molecule has 1 amide bonds. The van der Waals surface area contributed by atoms with E-state index in [1.807, 2.05) is 37.3 Å². The number of ether oxygens (including phenoxy) is 1. The van der Waals surface area contributed by atoms with Gasteiger partial charge in [-0.1, -0.05) is 61.0 Å². The molecule has 0 saturated carbocycles. The summed E-state index contributed by atoms with van der Waals surface area (Å²) >= 11 is 0. The third-order valence-corrected chi connectivity index (χ3v) is 4.09. The van der Waals surface area contributed by atoms with Crippen LogP contribution in [0.3, 0.4) is 0 Å². The van der Waals surface area contributed by atoms with Crippen molar-refractivity contribution in [1.82, 2.24) is 5.32 Å². The maximum atomic E-state index is 12.3. The normalized spacial score (nSPS) is 12.0. The van der Waals surface area contributed by atoms with Crippen LogP contribution >= 0.6 is 0 Å². The molecular formula is C23H28N2O2. The number of carbonyl (C=O) groups excluding carboxylic acids is 1. The zero-order chi connectivity index (χ0) is 19.6. The maximum absolute atomic E-state index is 12.3. The molecule has 3 N–H and O–H groups in total. The van der Waals surface area contributed by atoms with E-state index in [0.717, 1.165) is 23.3 Å². The van der Waals surface area contributed by atoms with Gasteiger partial charge >= 0.3 is 0 Å². The summed E-state index contributed by atoms with van der Waals surface area (Å²) in [5.41, 5.74) is 10.2. The van der Waals surface area contributed by atoms with Gasteiger partial charge in [0.1, 0.15) is 12.4 Å². The highest BCUT2D eigenvalue weighted by molar-refractivity contribution is 5.96. The Kier molecular flexibility index (Phi) is 7.68. The number of hydrogen-bond acceptors (Lipinski definition) is 3. The van der Waals surface area contributed by atoms with Crippen molar-refractivity contribution < 1.29 is 9.53 Å². The van der Waals surface area contributed by atoms with E-state index in [0.29, 0.717) is 24.4 Å². The van der Waals surface area contributed by atoms with Crippen LogP contribution in [0.15, 0.2) is 72.0 Å². The Labute approximate surface area is 161 Å². The van der Waals surface area contributed by atoms with Crippen molar-refractivity contribution in [3.05, 3.63) is 88.6 Å². The lowest BCUT2D eigenvalue weighted by Gasteiger charge is -2.10. The van der Waals surface area contributed by atoms with Crippen molar-refractivity contribution in [1.29, 1.82) is 0 Å². The first-order valence-corrected chi connectivity index (χ1v) is 9.18. The molecule has 2 aromatic carbocycles. The average molecular weight is 364 g/mol. The van der Waals surface area contributed by atoms with Gasteiger partial charge in [-0.25, -0.2) is 0 Å². The lowest BCUT2D eigenvalue weighted by molar-refractivity contribution is -0.117. The van der Waals surface area contributed by atoms with Crippen LogP contribution in [0, 0.1) is 6.92 Å². The predicted molar refractivity (Wildman–Crippen MR) is 110 cm³/mol. The molecule has 0 aliphatic rings. The minimum absolute atomic E-state index is 0.167. The Balaban J connectivity index is 1.88. The van der Waals surface area contributed by atoms with Crippen molar-refractivity contribution in [2.75, 3.05) is 0 Å². The van der Waals surface area contributed by atoms with E-state index in [2.05, 4.69) is 36.5 Å². The van der Waals surface area contributed by atoms with Crippen LogP contribution in [0.1, 0.15) is 37.0 Å². The summed E-state index contributed by atoms with van der Waals surface area (Å²) in [4.78, 5) is 12.3. The fourth-order valence-corrected chi connectivity index (χ4v) is 2.45. The SMILES string of the molecule is CC/C=C\C(C(=O)NCc1ccc(OCc2ccc(C)cc2)cc1)=C(/C)N. The monoisotopic (exact) mass is 364 g/mol. The van der Waals surface area contributed by atoms with E-state index >= 15 is 0 Å². The van der Waals surface area contributed by atoms with E-state index in [9.17, 15) is 4.79 Å². The van der Waals surface area contributed by atoms with E-state index in [-0.39, 0.29) is 5.91 Å². The zero-order valence-corrected chi connectivity index (χ0v) is 16.3. The largest absolute Gasteiger partial charge is 0.489 e. The Morgan fingerprint density at radius 2 is 1.70 bits per heavy atom. The van der Waals surface area contributed by atoms with Gasteiger partial charge in [0.05, 0.1) is 5.57 Å². The molecule has 0 aliphatic heterocycles. The standard InChI is InChI=1S/C23H28N2O2/c1-4-5-6-22(18(3)24)23(26)25-15-19-11-13-21(14-12-19)27-16-20-9-7-17(2)8-10-20/h5-14H,4,15-16,24H2,1-3H3,(H,25,26)/b6-5-,22-18-. The number of nitrogens with one attached hydrogen (secondary N) is 1. The van der Waals surface area contributed by atoms with E-state index < -0.39 is 0 Å². The van der Waals surface area contributed by atoms with Crippen molar-refractivity contribution in [2.45, 2.75) is 40.3 Å². The van der Waals surface area contributed by atoms with E-state index in [4.69, 9.17) is 10.5 Å². The molecule has 0 fully saturated rings. The number of rotatable bonds is 8. The zero-order valence-electron chi connectivity index (χ0n) is 16.3. The van der Waals surface area contributed by atoms with E-state index in [1.54, 1.807) is 13.0 Å². The average Bonchev–Trinajstić information content (AvgIpc) is 2.67. The summed E-state index contributed by atoms with van der Waals surface area (Å²) in [6, 6.07) is 16.0. The quantitative estimate of drug-likeness (QED) is 0.539. The topological polar surface area (TPSA) is 64.3 Å². The molecule has 142 valence electrons. The highest BCUT2D eigenvalue weighted by Crippen LogP contribution is 2.15. The Morgan fingerprint density at radius 1 is 1.07 bits per heavy atom. The molecule has 0 aromatic heterocycles. The molecule has 0 spiro atoms. The van der Waals surface area contributed by atoms with Crippen molar-refractivity contribution in [2.24, 2.45) is 5.73 Å². The molecule has 0 saturated heterocycles. The maximum Gasteiger partial charge on any atom is 0.253 e. The van der Waals surface area contributed by atoms with Gasteiger partial charge in [-0.05, 0) is 43.5 Å². The van der Waals surface area contributed by atoms with E-state index in [1.165, 1.54) is 5.56 Å². The summed E-state index contributed by atoms with van der Waals surface area (Å²) in [6.07, 6.45) is 4.55. The minimum Gasteiger partial charge on any atom is -0.489 e. The summed E-state index contributed by atoms with van der Waals surface area (Å²) in [5, 5.41) is 2.90. The van der Waals surface area contributed by atoms with Gasteiger partial charge in [0.25, 0.3) is 5.91 Å². The van der Waals surface area contributed by atoms with Crippen LogP contribution in [0.2, 0.25) is 0 Å². The highest BCUT2D eigenvalue weighted by Gasteiger charge is 2.08. The van der Waals surface area contributed by atoms with Gasteiger partial charge < -0.3 is 15.8 Å². The van der Waals surface area contributed by atoms with Crippen molar-refractivity contribution in [3.63, 3.8) is 0 Å². The molecule has 2 rings (SSSR count). The van der Waals surface area contributed by atoms with Crippen LogP contribution in [-0.4, -0.2) is 5.91 Å². The van der Waals surface area contributed by atoms with Crippen LogP contribution in [0.5, 0.6) is 5.75 Å². The number of allylic oxidation sites excluding steroid dienone is 2. The molecule has 0 aliphatic carbocycles. The van der Waals surface area contributed by atoms with Crippen LogP contribution in [0.25, 0.3) is 0 Å². The summed E-state index contributed by atoms with van der Waals surface area (Å²) < 4.78 is 5.81. The number of aryl methyl sites for hydroxylation is 1. The molecular weight excluding hydrogens is 336 g/mol. The van der Waals surface area contributed by atoms with Gasteiger partial charge in [0, 0.05) is 12.2 Å². The first kappa shape index (κ1) is 20.3. The molecule has 4 heteroatoms. The third kappa shape index (κ3) is 6.66. The number of amides is 1. The van der Waals surface area contributed by atoms with Crippen LogP contribution < -0.4 is 15.8 Å². The second-order valence-corrected chi connectivity index (χ2v) is 6.51. The fraction of sp³-hybridized carbons (Fsp3) is 0.261. The molecule has 0 bridgehead atoms. The minimum atomic E-state index is -0.167. The van der Waals surface area contributed by atoms with Crippen molar-refractivity contribution >= 4 is 5.91 Å². The molecule has 0 atom stereocenters.